The predicted octanol–water partition coefficient (Wildman–Crippen LogP) is 7.85. The van der Waals surface area contributed by atoms with Crippen LogP contribution >= 0.6 is 23.1 Å². The summed E-state index contributed by atoms with van der Waals surface area (Å²) in [4.78, 5) is 39.6. The van der Waals surface area contributed by atoms with E-state index >= 15 is 0 Å². The first-order valence-corrected chi connectivity index (χ1v) is 14.5. The first-order chi connectivity index (χ1) is 21.3. The number of hydrogen-bond donors (Lipinski definition) is 3. The van der Waals surface area contributed by atoms with Gasteiger partial charge in [0.25, 0.3) is 11.8 Å². The molecule has 0 aliphatic rings. The third kappa shape index (κ3) is 8.10. The minimum absolute atomic E-state index is 0.0721. The molecule has 0 bridgehead atoms. The second kappa shape index (κ2) is 14.0. The maximum atomic E-state index is 14.2. The maximum Gasteiger partial charge on any atom is 0.422 e. The minimum atomic E-state index is -5.73. The molecule has 0 fully saturated rings. The van der Waals surface area contributed by atoms with E-state index in [2.05, 4.69) is 10.6 Å². The van der Waals surface area contributed by atoms with Crippen LogP contribution in [-0.2, 0) is 15.8 Å². The van der Waals surface area contributed by atoms with Crippen LogP contribution in [0.1, 0.15) is 27.7 Å². The molecule has 1 aromatic heterocycles. The van der Waals surface area contributed by atoms with E-state index in [1.54, 1.807) is 53.2 Å². The van der Waals surface area contributed by atoms with E-state index in [4.69, 9.17) is 0 Å². The molecule has 0 spiro atoms. The summed E-state index contributed by atoms with van der Waals surface area (Å²) < 4.78 is 94.9. The van der Waals surface area contributed by atoms with Gasteiger partial charge in [0.2, 0.25) is 5.91 Å². The molecule has 1 unspecified atom stereocenters. The molecular weight excluding hydrogens is 647 g/mol. The topological polar surface area (TPSA) is 87.3 Å². The molecule has 234 valence electrons. The molecule has 0 saturated carbocycles. The van der Waals surface area contributed by atoms with E-state index in [9.17, 15) is 45.1 Å². The third-order valence-corrected chi connectivity index (χ3v) is 7.84. The fourth-order valence-corrected chi connectivity index (χ4v) is 5.36. The van der Waals surface area contributed by atoms with Crippen molar-refractivity contribution in [3.8, 4) is 0 Å². The van der Waals surface area contributed by atoms with Gasteiger partial charge in [-0.15, -0.1) is 23.1 Å². The molecule has 3 aromatic carbocycles. The normalized spacial score (nSPS) is 12.4. The summed E-state index contributed by atoms with van der Waals surface area (Å²) in [6.45, 7) is 1.26. The van der Waals surface area contributed by atoms with Gasteiger partial charge in [-0.2, -0.15) is 13.2 Å². The molecular formula is C30H20F7N3O3S2. The van der Waals surface area contributed by atoms with Crippen molar-refractivity contribution in [3.63, 3.8) is 0 Å². The molecule has 45 heavy (non-hydrogen) atoms. The number of halogens is 7. The van der Waals surface area contributed by atoms with Crippen molar-refractivity contribution in [1.29, 1.82) is 0 Å². The van der Waals surface area contributed by atoms with Crippen LogP contribution in [-0.4, -0.2) is 23.0 Å². The number of carbonyl (C=O) groups is 3. The second-order valence-electron chi connectivity index (χ2n) is 9.13. The number of rotatable bonds is 9. The lowest BCUT2D eigenvalue weighted by atomic mass is 10.1. The van der Waals surface area contributed by atoms with Gasteiger partial charge < -0.3 is 16.0 Å². The lowest BCUT2D eigenvalue weighted by Crippen LogP contribution is -2.30. The van der Waals surface area contributed by atoms with Crippen molar-refractivity contribution in [2.24, 2.45) is 0 Å². The fourth-order valence-electron chi connectivity index (χ4n) is 3.78. The molecule has 0 aliphatic heterocycles. The number of thiophene rings is 1. The van der Waals surface area contributed by atoms with Gasteiger partial charge >= 0.3 is 6.18 Å². The molecule has 4 aromatic rings. The van der Waals surface area contributed by atoms with Gasteiger partial charge in [0, 0.05) is 21.0 Å². The van der Waals surface area contributed by atoms with E-state index in [-0.39, 0.29) is 11.4 Å². The van der Waals surface area contributed by atoms with Crippen LogP contribution < -0.4 is 16.0 Å². The van der Waals surface area contributed by atoms with Crippen LogP contribution in [0.3, 0.4) is 0 Å². The summed E-state index contributed by atoms with van der Waals surface area (Å²) in [5.74, 6) is -12.6. The molecule has 0 radical (unpaired) electrons. The first-order valence-electron chi connectivity index (χ1n) is 12.7. The highest BCUT2D eigenvalue weighted by atomic mass is 32.2. The Labute approximate surface area is 259 Å². The van der Waals surface area contributed by atoms with Crippen molar-refractivity contribution in [3.05, 3.63) is 117 Å². The molecule has 1 atom stereocenters. The van der Waals surface area contributed by atoms with Crippen LogP contribution in [0.5, 0.6) is 0 Å². The van der Waals surface area contributed by atoms with Crippen LogP contribution in [0.2, 0.25) is 0 Å². The van der Waals surface area contributed by atoms with Crippen molar-refractivity contribution < 1.29 is 45.1 Å². The summed E-state index contributed by atoms with van der Waals surface area (Å²) in [6, 6.07) is 17.7. The van der Waals surface area contributed by atoms with Gasteiger partial charge in [-0.3, -0.25) is 14.4 Å². The number of thioether (sulfide) groups is 1. The van der Waals surface area contributed by atoms with E-state index in [1.165, 1.54) is 48.6 Å². The predicted molar refractivity (Wildman–Crippen MR) is 157 cm³/mol. The third-order valence-electron chi connectivity index (χ3n) is 5.93. The molecule has 4 rings (SSSR count). The molecule has 0 aliphatic carbocycles. The Bertz CT molecular complexity index is 1730. The van der Waals surface area contributed by atoms with Gasteiger partial charge in [0.15, 0.2) is 23.3 Å². The average Bonchev–Trinajstić information content (AvgIpc) is 3.51. The molecule has 3 N–H and O–H groups in total. The zero-order valence-corrected chi connectivity index (χ0v) is 24.4. The Kier molecular flexibility index (Phi) is 10.3. The van der Waals surface area contributed by atoms with Crippen molar-refractivity contribution in [2.45, 2.75) is 23.2 Å². The summed E-state index contributed by atoms with van der Waals surface area (Å²) in [6.07, 6.45) is -4.24. The van der Waals surface area contributed by atoms with E-state index < -0.39 is 63.7 Å². The maximum absolute atomic E-state index is 14.2. The minimum Gasteiger partial charge on any atom is -0.321 e. The molecule has 1 heterocycles. The molecule has 6 nitrogen and oxygen atoms in total. The van der Waals surface area contributed by atoms with Crippen LogP contribution in [0.4, 0.5) is 42.1 Å². The number of benzene rings is 3. The number of alkyl halides is 3. The van der Waals surface area contributed by atoms with Crippen LogP contribution in [0.15, 0.2) is 82.7 Å². The monoisotopic (exact) mass is 667 g/mol. The van der Waals surface area contributed by atoms with E-state index in [0.717, 1.165) is 11.8 Å². The lowest BCUT2D eigenvalue weighted by Gasteiger charge is -2.17. The smallest absolute Gasteiger partial charge is 0.321 e. The highest BCUT2D eigenvalue weighted by Gasteiger charge is 2.42. The van der Waals surface area contributed by atoms with E-state index in [0.29, 0.717) is 15.3 Å². The fraction of sp³-hybridized carbons (Fsp3) is 0.100. The summed E-state index contributed by atoms with van der Waals surface area (Å²) in [7, 11) is 0. The number of amides is 3. The Balaban J connectivity index is 1.48. The Morgan fingerprint density at radius 2 is 1.51 bits per heavy atom. The molecule has 0 saturated heterocycles. The first kappa shape index (κ1) is 33.3. The molecule has 15 heteroatoms. The second-order valence-corrected chi connectivity index (χ2v) is 11.5. The quantitative estimate of drug-likeness (QED) is 0.0735. The van der Waals surface area contributed by atoms with Gasteiger partial charge in [0.05, 0.1) is 5.25 Å². The van der Waals surface area contributed by atoms with Gasteiger partial charge in [-0.05, 0) is 54.8 Å². The Morgan fingerprint density at radius 1 is 0.844 bits per heavy atom. The molecule has 3 amide bonds. The number of hydrogen-bond acceptors (Lipinski definition) is 5. The summed E-state index contributed by atoms with van der Waals surface area (Å²) >= 11 is 2.13. The lowest BCUT2D eigenvalue weighted by molar-refractivity contribution is -0.143. The highest BCUT2D eigenvalue weighted by Crippen LogP contribution is 2.39. The SMILES string of the molecule is CC(Sc1cccc(NC(=O)/C(=C/c2cccs2)NC(=O)c2ccccc2)c1)C(=O)Nc1c(F)c(F)c(C(F)(F)F)c(F)c1F. The van der Waals surface area contributed by atoms with Crippen molar-refractivity contribution in [2.75, 3.05) is 10.6 Å². The van der Waals surface area contributed by atoms with Gasteiger partial charge in [-0.25, -0.2) is 17.6 Å². The largest absolute Gasteiger partial charge is 0.422 e. The highest BCUT2D eigenvalue weighted by molar-refractivity contribution is 8.00. The number of carbonyl (C=O) groups excluding carboxylic acids is 3. The van der Waals surface area contributed by atoms with Crippen molar-refractivity contribution in [1.82, 2.24) is 5.32 Å². The standard InChI is InChI=1S/C30H20F7N3O3S2/c1-15(27(41)40-26-24(33)22(31)21(30(35,36)37)23(32)25(26)34)45-19-10-5-9-17(13-19)38-29(43)20(14-18-11-6-12-44-18)39-28(42)16-7-3-2-4-8-16/h2-15H,1H3,(H,38,43)(H,39,42)(H,40,41)/b20-14-. The van der Waals surface area contributed by atoms with Gasteiger partial charge in [-0.1, -0.05) is 30.3 Å². The summed E-state index contributed by atoms with van der Waals surface area (Å²) in [5.41, 5.74) is -4.00. The summed E-state index contributed by atoms with van der Waals surface area (Å²) in [5, 5.41) is 7.41. The van der Waals surface area contributed by atoms with Crippen LogP contribution in [0.25, 0.3) is 6.08 Å². The zero-order chi connectivity index (χ0) is 32.9. The number of anilines is 2. The average molecular weight is 668 g/mol. The zero-order valence-electron chi connectivity index (χ0n) is 22.8. The Morgan fingerprint density at radius 3 is 2.11 bits per heavy atom. The van der Waals surface area contributed by atoms with Crippen LogP contribution in [0, 0.1) is 23.3 Å². The van der Waals surface area contributed by atoms with Gasteiger partial charge in [0.1, 0.15) is 16.9 Å². The van der Waals surface area contributed by atoms with E-state index in [1.807, 2.05) is 0 Å². The number of nitrogens with one attached hydrogen (secondary N) is 3. The van der Waals surface area contributed by atoms with Crippen molar-refractivity contribution >= 4 is 58.3 Å². The Hall–Kier alpha value is -4.63.